The second-order valence-corrected chi connectivity index (χ2v) is 4.99. The first-order valence-electron chi connectivity index (χ1n) is 7.04. The normalized spacial score (nSPS) is 14.9. The Balaban J connectivity index is 2.14. The summed E-state index contributed by atoms with van der Waals surface area (Å²) in [6, 6.07) is 19.4. The first-order valence-corrected chi connectivity index (χ1v) is 7.04. The third-order valence-electron chi connectivity index (χ3n) is 3.44. The molecule has 0 spiro atoms. The topological polar surface area (TPSA) is 34.1 Å². The summed E-state index contributed by atoms with van der Waals surface area (Å²) in [5, 5.41) is 0. The quantitative estimate of drug-likeness (QED) is 0.634. The Labute approximate surface area is 129 Å². The molecule has 2 aromatic rings. The molecule has 0 aromatic heterocycles. The zero-order valence-corrected chi connectivity index (χ0v) is 11.9. The van der Waals surface area contributed by atoms with Crippen molar-refractivity contribution in [1.29, 1.82) is 0 Å². The number of carbonyl (C=O) groups excluding carboxylic acids is 2. The number of allylic oxidation sites excluding steroid dienone is 5. The van der Waals surface area contributed by atoms with Crippen LogP contribution >= 0.6 is 0 Å². The van der Waals surface area contributed by atoms with Crippen LogP contribution in [-0.2, 0) is 9.59 Å². The van der Waals surface area contributed by atoms with Gasteiger partial charge in [-0.15, -0.1) is 0 Å². The van der Waals surface area contributed by atoms with Gasteiger partial charge < -0.3 is 0 Å². The fraction of sp³-hybridized carbons (Fsp3) is 0. The summed E-state index contributed by atoms with van der Waals surface area (Å²) in [5.74, 6) is -0.310. The molecule has 2 nitrogen and oxygen atoms in total. The van der Waals surface area contributed by atoms with Crippen molar-refractivity contribution >= 4 is 23.2 Å². The molecule has 1 aliphatic rings. The number of ketones is 2. The van der Waals surface area contributed by atoms with Gasteiger partial charge >= 0.3 is 0 Å². The minimum atomic E-state index is -0.163. The molecule has 3 rings (SSSR count). The highest BCUT2D eigenvalue weighted by Crippen LogP contribution is 2.28. The van der Waals surface area contributed by atoms with Crippen molar-refractivity contribution in [3.8, 4) is 0 Å². The standard InChI is InChI=1S/C20H14O2/c21-17-11-12-20(22)19(14-17)18(16-9-5-2-6-10-16)13-15-7-3-1-4-8-15/h1-14H. The van der Waals surface area contributed by atoms with Crippen LogP contribution in [0.5, 0.6) is 0 Å². The first-order chi connectivity index (χ1) is 10.7. The Hall–Kier alpha value is -3.00. The molecule has 0 radical (unpaired) electrons. The van der Waals surface area contributed by atoms with E-state index < -0.39 is 0 Å². The average molecular weight is 286 g/mol. The zero-order valence-electron chi connectivity index (χ0n) is 11.9. The predicted octanol–water partition coefficient (Wildman–Crippen LogP) is 3.86. The largest absolute Gasteiger partial charge is 0.290 e. The fourth-order valence-electron chi connectivity index (χ4n) is 2.37. The predicted molar refractivity (Wildman–Crippen MR) is 88.0 cm³/mol. The molecule has 0 amide bonds. The molecular formula is C20H14O2. The minimum absolute atomic E-state index is 0.148. The van der Waals surface area contributed by atoms with Crippen LogP contribution in [0.2, 0.25) is 0 Å². The lowest BCUT2D eigenvalue weighted by atomic mass is 9.90. The molecule has 0 unspecified atom stereocenters. The number of carbonyl (C=O) groups is 2. The van der Waals surface area contributed by atoms with E-state index in [0.29, 0.717) is 5.57 Å². The molecule has 2 aromatic carbocycles. The summed E-state index contributed by atoms with van der Waals surface area (Å²) in [7, 11) is 0. The Morgan fingerprint density at radius 1 is 0.773 bits per heavy atom. The highest BCUT2D eigenvalue weighted by Gasteiger charge is 2.18. The second-order valence-electron chi connectivity index (χ2n) is 4.99. The van der Waals surface area contributed by atoms with Crippen LogP contribution in [0.4, 0.5) is 0 Å². The molecular weight excluding hydrogens is 272 g/mol. The van der Waals surface area contributed by atoms with Crippen molar-refractivity contribution in [1.82, 2.24) is 0 Å². The van der Waals surface area contributed by atoms with E-state index in [4.69, 9.17) is 0 Å². The van der Waals surface area contributed by atoms with Crippen molar-refractivity contribution in [2.45, 2.75) is 0 Å². The van der Waals surface area contributed by atoms with E-state index in [2.05, 4.69) is 0 Å². The number of benzene rings is 2. The van der Waals surface area contributed by atoms with Crippen molar-refractivity contribution < 1.29 is 9.59 Å². The van der Waals surface area contributed by atoms with Gasteiger partial charge in [0, 0.05) is 5.57 Å². The van der Waals surface area contributed by atoms with Crippen LogP contribution < -0.4 is 0 Å². The van der Waals surface area contributed by atoms with Gasteiger partial charge in [0.05, 0.1) is 0 Å². The zero-order chi connectivity index (χ0) is 15.4. The third-order valence-corrected chi connectivity index (χ3v) is 3.44. The molecule has 0 fully saturated rings. The summed E-state index contributed by atoms with van der Waals surface area (Å²) in [6.07, 6.45) is 5.98. The SMILES string of the molecule is O=C1C=CC(=O)C(C(=Cc2ccccc2)c2ccccc2)=C1. The van der Waals surface area contributed by atoms with Gasteiger partial charge in [0.2, 0.25) is 0 Å². The average Bonchev–Trinajstić information content (AvgIpc) is 2.57. The lowest BCUT2D eigenvalue weighted by molar-refractivity contribution is -0.114. The van der Waals surface area contributed by atoms with Crippen LogP contribution in [0.15, 0.2) is 84.5 Å². The van der Waals surface area contributed by atoms with Crippen LogP contribution in [-0.4, -0.2) is 11.6 Å². The molecule has 0 heterocycles. The van der Waals surface area contributed by atoms with E-state index in [1.807, 2.05) is 66.7 Å². The maximum Gasteiger partial charge on any atom is 0.186 e. The Morgan fingerprint density at radius 3 is 2.09 bits per heavy atom. The fourth-order valence-corrected chi connectivity index (χ4v) is 2.37. The minimum Gasteiger partial charge on any atom is -0.290 e. The van der Waals surface area contributed by atoms with Crippen molar-refractivity contribution in [2.75, 3.05) is 0 Å². The van der Waals surface area contributed by atoms with Gasteiger partial charge in [0.15, 0.2) is 11.6 Å². The van der Waals surface area contributed by atoms with E-state index in [0.717, 1.165) is 16.7 Å². The third kappa shape index (κ3) is 3.01. The van der Waals surface area contributed by atoms with Crippen LogP contribution in [0, 0.1) is 0 Å². The Bertz CT molecular complexity index is 794. The molecule has 22 heavy (non-hydrogen) atoms. The van der Waals surface area contributed by atoms with Gasteiger partial charge in [0.25, 0.3) is 0 Å². The van der Waals surface area contributed by atoms with E-state index >= 15 is 0 Å². The van der Waals surface area contributed by atoms with Crippen LogP contribution in [0.3, 0.4) is 0 Å². The molecule has 1 aliphatic carbocycles. The highest BCUT2D eigenvalue weighted by molar-refractivity contribution is 6.25. The molecule has 0 saturated heterocycles. The molecule has 0 atom stereocenters. The highest BCUT2D eigenvalue weighted by atomic mass is 16.1. The van der Waals surface area contributed by atoms with Crippen LogP contribution in [0.1, 0.15) is 11.1 Å². The summed E-state index contributed by atoms with van der Waals surface area (Å²) >= 11 is 0. The number of rotatable bonds is 3. The molecule has 0 aliphatic heterocycles. The maximum absolute atomic E-state index is 12.2. The van der Waals surface area contributed by atoms with Crippen LogP contribution in [0.25, 0.3) is 11.6 Å². The summed E-state index contributed by atoms with van der Waals surface area (Å²) in [4.78, 5) is 23.9. The second kappa shape index (κ2) is 6.19. The lowest BCUT2D eigenvalue weighted by Crippen LogP contribution is -2.09. The van der Waals surface area contributed by atoms with Crippen molar-refractivity contribution in [2.24, 2.45) is 0 Å². The van der Waals surface area contributed by atoms with Crippen molar-refractivity contribution in [3.63, 3.8) is 0 Å². The van der Waals surface area contributed by atoms with Gasteiger partial charge in [0.1, 0.15) is 0 Å². The maximum atomic E-state index is 12.2. The Kier molecular flexibility index (Phi) is 3.92. The van der Waals surface area contributed by atoms with E-state index in [1.165, 1.54) is 18.2 Å². The Morgan fingerprint density at radius 2 is 1.41 bits per heavy atom. The van der Waals surface area contributed by atoms with Gasteiger partial charge in [-0.1, -0.05) is 60.7 Å². The van der Waals surface area contributed by atoms with Gasteiger partial charge in [-0.05, 0) is 41.0 Å². The van der Waals surface area contributed by atoms with Gasteiger partial charge in [-0.2, -0.15) is 0 Å². The van der Waals surface area contributed by atoms with E-state index in [-0.39, 0.29) is 11.6 Å². The number of hydrogen-bond acceptors (Lipinski definition) is 2. The smallest absolute Gasteiger partial charge is 0.186 e. The van der Waals surface area contributed by atoms with Crippen molar-refractivity contribution in [3.05, 3.63) is 95.6 Å². The molecule has 0 bridgehead atoms. The summed E-state index contributed by atoms with van der Waals surface area (Å²) in [6.45, 7) is 0. The molecule has 0 N–H and O–H groups in total. The van der Waals surface area contributed by atoms with Gasteiger partial charge in [-0.25, -0.2) is 0 Å². The summed E-state index contributed by atoms with van der Waals surface area (Å²) in [5.41, 5.74) is 3.09. The van der Waals surface area contributed by atoms with E-state index in [9.17, 15) is 9.59 Å². The molecule has 2 heteroatoms. The van der Waals surface area contributed by atoms with Gasteiger partial charge in [-0.3, -0.25) is 9.59 Å². The molecule has 106 valence electrons. The first kappa shape index (κ1) is 14.0. The summed E-state index contributed by atoms with van der Waals surface area (Å²) < 4.78 is 0. The van der Waals surface area contributed by atoms with E-state index in [1.54, 1.807) is 0 Å². The monoisotopic (exact) mass is 286 g/mol. The lowest BCUT2D eigenvalue weighted by Gasteiger charge is -2.12. The number of hydrogen-bond donors (Lipinski definition) is 0. The molecule has 0 saturated carbocycles.